The molecule has 0 radical (unpaired) electrons. The van der Waals surface area contributed by atoms with Crippen molar-refractivity contribution in [2.24, 2.45) is 0 Å². The number of anilines is 4. The number of carbonyl (C=O) groups is 2. The van der Waals surface area contributed by atoms with Crippen molar-refractivity contribution in [3.8, 4) is 5.75 Å². The second kappa shape index (κ2) is 9.69. The first-order valence-corrected chi connectivity index (χ1v) is 11.3. The van der Waals surface area contributed by atoms with Gasteiger partial charge in [0.15, 0.2) is 0 Å². The number of hydrogen-bond acceptors (Lipinski definition) is 4. The van der Waals surface area contributed by atoms with Gasteiger partial charge in [-0.3, -0.25) is 14.5 Å². The number of rotatable bonds is 4. The predicted molar refractivity (Wildman–Crippen MR) is 134 cm³/mol. The van der Waals surface area contributed by atoms with E-state index in [0.29, 0.717) is 23.5 Å². The van der Waals surface area contributed by atoms with Crippen LogP contribution in [0.15, 0.2) is 97.1 Å². The zero-order chi connectivity index (χ0) is 26.0. The fourth-order valence-corrected chi connectivity index (χ4v) is 4.13. The van der Waals surface area contributed by atoms with Crippen molar-refractivity contribution in [2.75, 3.05) is 15.5 Å². The van der Waals surface area contributed by atoms with E-state index in [2.05, 4.69) is 15.4 Å². The maximum absolute atomic E-state index is 13.7. The van der Waals surface area contributed by atoms with Crippen LogP contribution in [0, 0.1) is 0 Å². The fraction of sp³-hybridized carbons (Fsp3) is 0.0714. The van der Waals surface area contributed by atoms with Crippen LogP contribution < -0.4 is 20.3 Å². The molecule has 4 aromatic carbocycles. The Labute approximate surface area is 210 Å². The average Bonchev–Trinajstić information content (AvgIpc) is 3.05. The van der Waals surface area contributed by atoms with Gasteiger partial charge >= 0.3 is 6.36 Å². The van der Waals surface area contributed by atoms with Crippen molar-refractivity contribution < 1.29 is 27.5 Å². The molecule has 0 atom stereocenters. The predicted octanol–water partition coefficient (Wildman–Crippen LogP) is 6.74. The van der Waals surface area contributed by atoms with Crippen LogP contribution in [-0.2, 0) is 6.54 Å². The number of nitrogens with zero attached hydrogens (tertiary/aromatic N) is 1. The molecule has 37 heavy (non-hydrogen) atoms. The molecule has 0 aliphatic carbocycles. The van der Waals surface area contributed by atoms with Crippen molar-refractivity contribution in [1.29, 1.82) is 0 Å². The van der Waals surface area contributed by atoms with Crippen molar-refractivity contribution in [1.82, 2.24) is 0 Å². The Kier molecular flexibility index (Phi) is 6.27. The Morgan fingerprint density at radius 1 is 0.811 bits per heavy atom. The number of para-hydroxylation sites is 4. The van der Waals surface area contributed by atoms with Crippen LogP contribution in [0.2, 0.25) is 0 Å². The zero-order valence-corrected chi connectivity index (χ0v) is 19.3. The molecule has 1 aliphatic rings. The number of amides is 2. The van der Waals surface area contributed by atoms with Gasteiger partial charge in [-0.05, 0) is 60.2 Å². The number of alkyl halides is 3. The first-order chi connectivity index (χ1) is 17.8. The normalized spacial score (nSPS) is 12.5. The van der Waals surface area contributed by atoms with Crippen LogP contribution in [0.1, 0.15) is 26.3 Å². The third-order valence-electron chi connectivity index (χ3n) is 5.80. The van der Waals surface area contributed by atoms with Gasteiger partial charge in [0.2, 0.25) is 0 Å². The van der Waals surface area contributed by atoms with Crippen molar-refractivity contribution in [3.63, 3.8) is 0 Å². The highest BCUT2D eigenvalue weighted by Gasteiger charge is 2.33. The summed E-state index contributed by atoms with van der Waals surface area (Å²) in [6.45, 7) is 0.557. The lowest BCUT2D eigenvalue weighted by molar-refractivity contribution is -0.274. The van der Waals surface area contributed by atoms with Gasteiger partial charge in [0.25, 0.3) is 11.8 Å². The highest BCUT2D eigenvalue weighted by molar-refractivity contribution is 6.13. The first-order valence-electron chi connectivity index (χ1n) is 11.3. The van der Waals surface area contributed by atoms with E-state index in [1.165, 1.54) is 30.3 Å². The molecule has 6 nitrogen and oxygen atoms in total. The van der Waals surface area contributed by atoms with Gasteiger partial charge in [-0.25, -0.2) is 0 Å². The maximum atomic E-state index is 13.7. The summed E-state index contributed by atoms with van der Waals surface area (Å²) in [5, 5.41) is 5.91. The maximum Gasteiger partial charge on any atom is 0.573 e. The molecule has 0 fully saturated rings. The summed E-state index contributed by atoms with van der Waals surface area (Å²) >= 11 is 0. The summed E-state index contributed by atoms with van der Waals surface area (Å²) in [4.78, 5) is 28.0. The van der Waals surface area contributed by atoms with Gasteiger partial charge in [0.1, 0.15) is 5.75 Å². The van der Waals surface area contributed by atoms with E-state index in [-0.39, 0.29) is 11.5 Å². The Bertz CT molecular complexity index is 1420. The first kappa shape index (κ1) is 23.9. The molecule has 9 heteroatoms. The SMILES string of the molecule is O=C(Nc1ccc(C(=O)N2c3ccccc3CNc3ccccc32)cc1)c1ccccc1OC(F)(F)F. The smallest absolute Gasteiger partial charge is 0.405 e. The second-order valence-electron chi connectivity index (χ2n) is 8.22. The topological polar surface area (TPSA) is 70.7 Å². The van der Waals surface area contributed by atoms with Gasteiger partial charge < -0.3 is 15.4 Å². The molecule has 2 N–H and O–H groups in total. The number of halogens is 3. The summed E-state index contributed by atoms with van der Waals surface area (Å²) in [5.74, 6) is -1.66. The van der Waals surface area contributed by atoms with Crippen LogP contribution >= 0.6 is 0 Å². The summed E-state index contributed by atoms with van der Waals surface area (Å²) in [7, 11) is 0. The van der Waals surface area contributed by atoms with E-state index in [1.54, 1.807) is 17.0 Å². The number of nitrogens with one attached hydrogen (secondary N) is 2. The van der Waals surface area contributed by atoms with Gasteiger partial charge in [0.05, 0.1) is 22.6 Å². The summed E-state index contributed by atoms with van der Waals surface area (Å²) < 4.78 is 42.1. The summed E-state index contributed by atoms with van der Waals surface area (Å²) in [5.41, 5.74) is 3.63. The molecule has 0 saturated carbocycles. The Morgan fingerprint density at radius 3 is 2.22 bits per heavy atom. The standard InChI is InChI=1S/C28H20F3N3O3/c29-28(30,31)37-25-12-6-2-8-21(25)26(35)33-20-15-13-18(14-16-20)27(36)34-23-10-4-1-7-19(23)17-32-22-9-3-5-11-24(22)34/h1-16,32H,17H2,(H,33,35). The minimum Gasteiger partial charge on any atom is -0.405 e. The number of hydrogen-bond donors (Lipinski definition) is 2. The molecule has 0 bridgehead atoms. The van der Waals surface area contributed by atoms with Gasteiger partial charge in [-0.1, -0.05) is 42.5 Å². The molecule has 0 saturated heterocycles. The molecular formula is C28H20F3N3O3. The lowest BCUT2D eigenvalue weighted by Crippen LogP contribution is -2.26. The summed E-state index contributed by atoms with van der Waals surface area (Å²) in [6, 6.07) is 26.3. The quantitative estimate of drug-likeness (QED) is 0.324. The van der Waals surface area contributed by atoms with Crippen LogP contribution in [0.5, 0.6) is 5.75 Å². The van der Waals surface area contributed by atoms with E-state index >= 15 is 0 Å². The number of carbonyl (C=O) groups excluding carboxylic acids is 2. The summed E-state index contributed by atoms with van der Waals surface area (Å²) in [6.07, 6.45) is -4.93. The lowest BCUT2D eigenvalue weighted by Gasteiger charge is -2.24. The van der Waals surface area contributed by atoms with Crippen molar-refractivity contribution >= 4 is 34.6 Å². The Balaban J connectivity index is 1.40. The zero-order valence-electron chi connectivity index (χ0n) is 19.3. The minimum atomic E-state index is -4.93. The number of ether oxygens (including phenoxy) is 1. The molecule has 4 aromatic rings. The van der Waals surface area contributed by atoms with E-state index in [9.17, 15) is 22.8 Å². The third kappa shape index (κ3) is 5.11. The number of benzene rings is 4. The highest BCUT2D eigenvalue weighted by atomic mass is 19.4. The highest BCUT2D eigenvalue weighted by Crippen LogP contribution is 2.38. The van der Waals surface area contributed by atoms with E-state index in [4.69, 9.17) is 0 Å². The molecule has 1 aliphatic heterocycles. The molecule has 2 amide bonds. The van der Waals surface area contributed by atoms with Crippen LogP contribution in [-0.4, -0.2) is 18.2 Å². The molecule has 186 valence electrons. The third-order valence-corrected chi connectivity index (χ3v) is 5.80. The molecular weight excluding hydrogens is 483 g/mol. The molecule has 5 rings (SSSR count). The minimum absolute atomic E-state index is 0.273. The van der Waals surface area contributed by atoms with Gasteiger partial charge in [-0.15, -0.1) is 13.2 Å². The largest absolute Gasteiger partial charge is 0.573 e. The van der Waals surface area contributed by atoms with Crippen LogP contribution in [0.4, 0.5) is 35.9 Å². The van der Waals surface area contributed by atoms with E-state index < -0.39 is 18.0 Å². The lowest BCUT2D eigenvalue weighted by atomic mass is 10.1. The van der Waals surface area contributed by atoms with Gasteiger partial charge in [-0.2, -0.15) is 0 Å². The van der Waals surface area contributed by atoms with Crippen molar-refractivity contribution in [3.05, 3.63) is 114 Å². The number of fused-ring (bicyclic) bond motifs is 2. The second-order valence-corrected chi connectivity index (χ2v) is 8.22. The molecule has 0 unspecified atom stereocenters. The molecule has 1 heterocycles. The fourth-order valence-electron chi connectivity index (χ4n) is 4.13. The van der Waals surface area contributed by atoms with E-state index in [1.807, 2.05) is 48.5 Å². The Hall–Kier alpha value is -4.79. The average molecular weight is 503 g/mol. The van der Waals surface area contributed by atoms with Gasteiger partial charge in [0, 0.05) is 17.8 Å². The molecule has 0 aromatic heterocycles. The van der Waals surface area contributed by atoms with Crippen molar-refractivity contribution in [2.45, 2.75) is 12.9 Å². The van der Waals surface area contributed by atoms with Crippen LogP contribution in [0.3, 0.4) is 0 Å². The van der Waals surface area contributed by atoms with E-state index in [0.717, 1.165) is 23.0 Å². The Morgan fingerprint density at radius 2 is 1.46 bits per heavy atom. The monoisotopic (exact) mass is 503 g/mol. The molecule has 0 spiro atoms. The van der Waals surface area contributed by atoms with Crippen LogP contribution in [0.25, 0.3) is 0 Å².